The van der Waals surface area contributed by atoms with Gasteiger partial charge in [0.1, 0.15) is 12.1 Å². The summed E-state index contributed by atoms with van der Waals surface area (Å²) in [4.78, 5) is 63.1. The van der Waals surface area contributed by atoms with Crippen molar-refractivity contribution in [1.82, 2.24) is 15.5 Å². The monoisotopic (exact) mass is 488 g/mol. The van der Waals surface area contributed by atoms with E-state index < -0.39 is 59.6 Å². The number of nitrogens with two attached hydrogens (primary N) is 1. The molecule has 2 aliphatic carbocycles. The maximum Gasteiger partial charge on any atom is 0.471 e. The molecule has 2 saturated carbocycles. The van der Waals surface area contributed by atoms with E-state index in [0.717, 1.165) is 12.8 Å². The molecule has 4 amide bonds. The molecule has 0 aromatic rings. The highest BCUT2D eigenvalue weighted by atomic mass is 19.4. The third-order valence-corrected chi connectivity index (χ3v) is 7.38. The molecule has 0 radical (unpaired) electrons. The molecule has 1 aliphatic heterocycles. The van der Waals surface area contributed by atoms with E-state index in [0.29, 0.717) is 0 Å². The molecule has 34 heavy (non-hydrogen) atoms. The summed E-state index contributed by atoms with van der Waals surface area (Å²) in [5.41, 5.74) is 4.84. The Bertz CT molecular complexity index is 899. The highest BCUT2D eigenvalue weighted by Gasteiger charge is 2.69. The molecule has 5 unspecified atom stereocenters. The Morgan fingerprint density at radius 3 is 2.15 bits per heavy atom. The fraction of sp³-hybridized carbons (Fsp3) is 0.773. The Morgan fingerprint density at radius 1 is 1.09 bits per heavy atom. The third kappa shape index (κ3) is 5.05. The van der Waals surface area contributed by atoms with Gasteiger partial charge >= 0.3 is 12.1 Å². The highest BCUT2D eigenvalue weighted by molar-refractivity contribution is 6.37. The van der Waals surface area contributed by atoms with Gasteiger partial charge in [0, 0.05) is 6.54 Å². The predicted octanol–water partition coefficient (Wildman–Crippen LogP) is 0.512. The molecule has 0 aromatic heterocycles. The van der Waals surface area contributed by atoms with Crippen LogP contribution in [0.25, 0.3) is 0 Å². The van der Waals surface area contributed by atoms with E-state index in [1.165, 1.54) is 18.7 Å². The molecule has 0 spiro atoms. The number of fused-ring (bicyclic) bond motifs is 1. The van der Waals surface area contributed by atoms with Crippen molar-refractivity contribution < 1.29 is 37.1 Å². The zero-order valence-corrected chi connectivity index (χ0v) is 19.6. The van der Waals surface area contributed by atoms with Crippen molar-refractivity contribution in [1.29, 1.82) is 0 Å². The van der Waals surface area contributed by atoms with Crippen LogP contribution in [0.5, 0.6) is 0 Å². The minimum atomic E-state index is -5.16. The number of Topliss-reactive ketones (excluding diaryl/α,β-unsaturated/α-hetero) is 1. The fourth-order valence-electron chi connectivity index (χ4n) is 5.08. The number of piperidine rings is 1. The van der Waals surface area contributed by atoms with Gasteiger partial charge in [0.05, 0.1) is 6.04 Å². The lowest BCUT2D eigenvalue weighted by Gasteiger charge is -2.34. The number of likely N-dealkylation sites (tertiary alicyclic amines) is 1. The summed E-state index contributed by atoms with van der Waals surface area (Å²) in [7, 11) is 0. The van der Waals surface area contributed by atoms with Crippen LogP contribution in [0.3, 0.4) is 0 Å². The van der Waals surface area contributed by atoms with Crippen LogP contribution in [-0.2, 0) is 24.0 Å². The van der Waals surface area contributed by atoms with E-state index in [-0.39, 0.29) is 36.1 Å². The van der Waals surface area contributed by atoms with Gasteiger partial charge in [-0.05, 0) is 35.5 Å². The van der Waals surface area contributed by atoms with Crippen LogP contribution < -0.4 is 16.4 Å². The van der Waals surface area contributed by atoms with Crippen molar-refractivity contribution in [3.05, 3.63) is 0 Å². The van der Waals surface area contributed by atoms with Gasteiger partial charge in [-0.3, -0.25) is 24.0 Å². The Hall–Kier alpha value is -2.66. The number of rotatable bonds is 9. The molecule has 3 fully saturated rings. The first-order valence-electron chi connectivity index (χ1n) is 11.4. The SMILES string of the molecule is CC(C)C(NC(=O)C(F)(F)F)C(=O)N1CC2C(C1C(=O)NC(CC1CC1)C(=O)C(N)=O)C2(C)C. The largest absolute Gasteiger partial charge is 0.471 e. The lowest BCUT2D eigenvalue weighted by molar-refractivity contribution is -0.175. The van der Waals surface area contributed by atoms with Crippen LogP contribution in [0, 0.1) is 29.1 Å². The highest BCUT2D eigenvalue weighted by Crippen LogP contribution is 2.65. The zero-order valence-electron chi connectivity index (χ0n) is 19.6. The van der Waals surface area contributed by atoms with Crippen molar-refractivity contribution in [3.8, 4) is 0 Å². The van der Waals surface area contributed by atoms with Gasteiger partial charge in [0.15, 0.2) is 0 Å². The normalized spacial score (nSPS) is 26.9. The average molecular weight is 489 g/mol. The number of primary amides is 1. The number of amides is 4. The van der Waals surface area contributed by atoms with Crippen LogP contribution in [0.4, 0.5) is 13.2 Å². The van der Waals surface area contributed by atoms with Crippen LogP contribution in [0.2, 0.25) is 0 Å². The summed E-state index contributed by atoms with van der Waals surface area (Å²) in [6.45, 7) is 6.97. The summed E-state index contributed by atoms with van der Waals surface area (Å²) in [6.07, 6.45) is -3.19. The lowest BCUT2D eigenvalue weighted by Crippen LogP contribution is -2.60. The first-order valence-corrected chi connectivity index (χ1v) is 11.4. The van der Waals surface area contributed by atoms with Gasteiger partial charge in [-0.25, -0.2) is 0 Å². The number of hydrogen-bond acceptors (Lipinski definition) is 5. The maximum atomic E-state index is 13.3. The number of carbonyl (C=O) groups excluding carboxylic acids is 5. The van der Waals surface area contributed by atoms with Gasteiger partial charge in [-0.1, -0.05) is 40.5 Å². The van der Waals surface area contributed by atoms with Crippen molar-refractivity contribution >= 4 is 29.4 Å². The molecule has 12 heteroatoms. The van der Waals surface area contributed by atoms with Crippen LogP contribution in [0.1, 0.15) is 47.0 Å². The molecule has 5 atom stereocenters. The van der Waals surface area contributed by atoms with Crippen molar-refractivity contribution in [2.24, 2.45) is 34.8 Å². The first kappa shape index (κ1) is 26.0. The molecule has 190 valence electrons. The van der Waals surface area contributed by atoms with E-state index in [1.807, 2.05) is 13.8 Å². The van der Waals surface area contributed by atoms with E-state index >= 15 is 0 Å². The first-order chi connectivity index (χ1) is 15.6. The molecule has 3 rings (SSSR count). The topological polar surface area (TPSA) is 139 Å². The lowest BCUT2D eigenvalue weighted by atomic mass is 9.96. The average Bonchev–Trinajstić information content (AvgIpc) is 3.56. The van der Waals surface area contributed by atoms with Crippen LogP contribution in [-0.4, -0.2) is 65.2 Å². The molecular weight excluding hydrogens is 457 g/mol. The van der Waals surface area contributed by atoms with Crippen molar-refractivity contribution in [3.63, 3.8) is 0 Å². The van der Waals surface area contributed by atoms with E-state index in [2.05, 4.69) is 5.32 Å². The second kappa shape index (κ2) is 8.84. The quantitative estimate of drug-likeness (QED) is 0.406. The van der Waals surface area contributed by atoms with Gasteiger partial charge in [0.2, 0.25) is 17.6 Å². The molecule has 4 N–H and O–H groups in total. The number of halogens is 3. The summed E-state index contributed by atoms with van der Waals surface area (Å²) in [6, 6.07) is -3.65. The number of nitrogens with one attached hydrogen (secondary N) is 2. The summed E-state index contributed by atoms with van der Waals surface area (Å²) >= 11 is 0. The standard InChI is InChI=1S/C22H31F3N4O5/c1-9(2)14(28-20(34)22(23,24)25)19(33)29-8-11-13(21(11,3)4)15(29)18(32)27-12(7-10-5-6-10)16(30)17(26)31/h9-15H,5-8H2,1-4H3,(H2,26,31)(H,27,32)(H,28,34). The molecule has 0 aromatic carbocycles. The van der Waals surface area contributed by atoms with E-state index in [9.17, 15) is 37.1 Å². The Balaban J connectivity index is 1.82. The van der Waals surface area contributed by atoms with Crippen LogP contribution in [0.15, 0.2) is 0 Å². The van der Waals surface area contributed by atoms with Crippen molar-refractivity contribution in [2.45, 2.75) is 71.3 Å². The minimum absolute atomic E-state index is 0.0629. The Morgan fingerprint density at radius 2 is 1.68 bits per heavy atom. The van der Waals surface area contributed by atoms with Gasteiger partial charge < -0.3 is 21.3 Å². The summed E-state index contributed by atoms with van der Waals surface area (Å²) in [5, 5.41) is 4.32. The number of alkyl halides is 3. The van der Waals surface area contributed by atoms with E-state index in [1.54, 1.807) is 5.32 Å². The number of carbonyl (C=O) groups is 5. The zero-order chi connectivity index (χ0) is 25.7. The Labute approximate surface area is 195 Å². The van der Waals surface area contributed by atoms with Crippen molar-refractivity contribution in [2.75, 3.05) is 6.54 Å². The maximum absolute atomic E-state index is 13.3. The summed E-state index contributed by atoms with van der Waals surface area (Å²) < 4.78 is 38.4. The minimum Gasteiger partial charge on any atom is -0.363 e. The number of nitrogens with zero attached hydrogens (tertiary/aromatic N) is 1. The second-order valence-electron chi connectivity index (χ2n) is 10.6. The van der Waals surface area contributed by atoms with Gasteiger partial charge in [-0.15, -0.1) is 0 Å². The molecular formula is C22H31F3N4O5. The second-order valence-corrected chi connectivity index (χ2v) is 10.6. The number of ketones is 1. The molecule has 0 bridgehead atoms. The smallest absolute Gasteiger partial charge is 0.363 e. The van der Waals surface area contributed by atoms with Crippen LogP contribution >= 0.6 is 0 Å². The molecule has 9 nitrogen and oxygen atoms in total. The molecule has 1 saturated heterocycles. The molecule has 1 heterocycles. The van der Waals surface area contributed by atoms with Gasteiger partial charge in [0.25, 0.3) is 5.91 Å². The predicted molar refractivity (Wildman–Crippen MR) is 113 cm³/mol. The van der Waals surface area contributed by atoms with E-state index in [4.69, 9.17) is 5.73 Å². The number of hydrogen-bond donors (Lipinski definition) is 3. The third-order valence-electron chi connectivity index (χ3n) is 7.38. The molecule has 3 aliphatic rings. The summed E-state index contributed by atoms with van der Waals surface area (Å²) in [5.74, 6) is -6.62. The fourth-order valence-corrected chi connectivity index (χ4v) is 5.08. The Kier molecular flexibility index (Phi) is 6.75. The van der Waals surface area contributed by atoms with Gasteiger partial charge in [-0.2, -0.15) is 13.2 Å².